The monoisotopic (exact) mass is 356 g/mol. The van der Waals surface area contributed by atoms with Crippen LogP contribution in [0, 0.1) is 5.82 Å². The number of H-pyrrole nitrogens is 1. The first-order valence-corrected chi connectivity index (χ1v) is 8.17. The Morgan fingerprint density at radius 1 is 1.08 bits per heavy atom. The summed E-state index contributed by atoms with van der Waals surface area (Å²) >= 11 is 0. The molecule has 0 bridgehead atoms. The van der Waals surface area contributed by atoms with Crippen molar-refractivity contribution in [1.82, 2.24) is 4.98 Å². The van der Waals surface area contributed by atoms with Crippen molar-refractivity contribution in [2.75, 3.05) is 19.5 Å². The van der Waals surface area contributed by atoms with Crippen molar-refractivity contribution >= 4 is 22.5 Å². The number of rotatable bonds is 5. The van der Waals surface area contributed by atoms with Gasteiger partial charge in [-0.2, -0.15) is 0 Å². The number of benzene rings is 2. The fourth-order valence-electron chi connectivity index (χ4n) is 2.93. The third kappa shape index (κ3) is 3.10. The average molecular weight is 356 g/mol. The molecular weight excluding hydrogens is 335 g/mol. The summed E-state index contributed by atoms with van der Waals surface area (Å²) in [6, 6.07) is 9.65. The lowest BCUT2D eigenvalue weighted by Gasteiger charge is -2.24. The van der Waals surface area contributed by atoms with E-state index < -0.39 is 5.41 Å². The fourth-order valence-corrected chi connectivity index (χ4v) is 2.93. The van der Waals surface area contributed by atoms with Gasteiger partial charge in [0.2, 0.25) is 5.91 Å². The van der Waals surface area contributed by atoms with E-state index >= 15 is 0 Å². The number of methoxy groups -OCH3 is 2. The third-order valence-corrected chi connectivity index (χ3v) is 4.53. The number of carbonyl (C=O) groups is 1. The van der Waals surface area contributed by atoms with Crippen LogP contribution in [0.1, 0.15) is 19.4 Å². The maximum absolute atomic E-state index is 13.6. The van der Waals surface area contributed by atoms with Gasteiger partial charge in [-0.3, -0.25) is 4.79 Å². The van der Waals surface area contributed by atoms with E-state index in [-0.39, 0.29) is 11.7 Å². The Morgan fingerprint density at radius 2 is 1.81 bits per heavy atom. The smallest absolute Gasteiger partial charge is 0.234 e. The maximum atomic E-state index is 13.6. The minimum absolute atomic E-state index is 0.213. The molecule has 0 unspecified atom stereocenters. The molecule has 1 amide bonds. The summed E-state index contributed by atoms with van der Waals surface area (Å²) in [4.78, 5) is 16.0. The Bertz CT molecular complexity index is 963. The summed E-state index contributed by atoms with van der Waals surface area (Å²) in [6.45, 7) is 3.60. The van der Waals surface area contributed by atoms with Gasteiger partial charge < -0.3 is 19.8 Å². The molecule has 1 heterocycles. The maximum Gasteiger partial charge on any atom is 0.234 e. The van der Waals surface area contributed by atoms with Gasteiger partial charge in [0.15, 0.2) is 11.5 Å². The molecule has 136 valence electrons. The molecule has 0 radical (unpaired) electrons. The number of carbonyl (C=O) groups excluding carboxylic acids is 1. The van der Waals surface area contributed by atoms with Crippen LogP contribution in [0.25, 0.3) is 10.9 Å². The van der Waals surface area contributed by atoms with Gasteiger partial charge in [-0.25, -0.2) is 4.39 Å². The van der Waals surface area contributed by atoms with E-state index in [2.05, 4.69) is 10.3 Å². The minimum atomic E-state index is -0.876. The number of hydrogen-bond acceptors (Lipinski definition) is 3. The van der Waals surface area contributed by atoms with Crippen LogP contribution < -0.4 is 14.8 Å². The highest BCUT2D eigenvalue weighted by Crippen LogP contribution is 2.34. The Hall–Kier alpha value is -3.02. The number of nitrogens with one attached hydrogen (secondary N) is 2. The van der Waals surface area contributed by atoms with Gasteiger partial charge in [-0.1, -0.05) is 0 Å². The van der Waals surface area contributed by atoms with Crippen LogP contribution in [0.3, 0.4) is 0 Å². The van der Waals surface area contributed by atoms with Crippen molar-refractivity contribution in [2.24, 2.45) is 0 Å². The number of ether oxygens (including phenoxy) is 2. The Balaban J connectivity index is 1.91. The van der Waals surface area contributed by atoms with Gasteiger partial charge in [0.25, 0.3) is 0 Å². The topological polar surface area (TPSA) is 63.3 Å². The predicted octanol–water partition coefficient (Wildman–Crippen LogP) is 4.24. The zero-order chi connectivity index (χ0) is 18.9. The van der Waals surface area contributed by atoms with Crippen molar-refractivity contribution in [3.63, 3.8) is 0 Å². The molecule has 0 saturated carbocycles. The Morgan fingerprint density at radius 3 is 2.50 bits per heavy atom. The van der Waals surface area contributed by atoms with Crippen LogP contribution in [0.2, 0.25) is 0 Å². The molecule has 2 aromatic carbocycles. The minimum Gasteiger partial charge on any atom is -0.493 e. The molecule has 0 atom stereocenters. The van der Waals surface area contributed by atoms with Crippen LogP contribution in [-0.2, 0) is 10.2 Å². The average Bonchev–Trinajstić information content (AvgIpc) is 3.05. The molecule has 0 aliphatic heterocycles. The second kappa shape index (κ2) is 6.71. The van der Waals surface area contributed by atoms with Crippen molar-refractivity contribution in [3.05, 3.63) is 54.0 Å². The molecule has 0 spiro atoms. The van der Waals surface area contributed by atoms with E-state index in [0.29, 0.717) is 22.6 Å². The Labute approximate surface area is 151 Å². The van der Waals surface area contributed by atoms with Crippen LogP contribution in [0.4, 0.5) is 10.1 Å². The second-order valence-corrected chi connectivity index (χ2v) is 6.54. The number of anilines is 1. The Kier molecular flexibility index (Phi) is 4.59. The van der Waals surface area contributed by atoms with Gasteiger partial charge in [0.1, 0.15) is 5.82 Å². The second-order valence-electron chi connectivity index (χ2n) is 6.54. The number of aromatic amines is 1. The molecule has 0 saturated heterocycles. The van der Waals surface area contributed by atoms with Crippen LogP contribution in [0.5, 0.6) is 11.5 Å². The highest BCUT2D eigenvalue weighted by atomic mass is 19.1. The number of halogens is 1. The number of fused-ring (bicyclic) bond motifs is 1. The molecule has 0 aliphatic carbocycles. The molecule has 3 rings (SSSR count). The zero-order valence-corrected chi connectivity index (χ0v) is 15.1. The first-order chi connectivity index (χ1) is 12.4. The van der Waals surface area contributed by atoms with Crippen LogP contribution >= 0.6 is 0 Å². The molecule has 26 heavy (non-hydrogen) atoms. The first-order valence-electron chi connectivity index (χ1n) is 8.17. The van der Waals surface area contributed by atoms with Gasteiger partial charge in [0, 0.05) is 28.9 Å². The number of hydrogen-bond donors (Lipinski definition) is 2. The molecule has 0 fully saturated rings. The standard InChI is InChI=1S/C20H21FN2O3/c1-20(2,15-11-22-16-7-5-12(21)9-14(15)16)19(24)23-13-6-8-17(25-3)18(10-13)26-4/h5-11,22H,1-4H3,(H,23,24). The molecule has 1 aromatic heterocycles. The fraction of sp³-hybridized carbons (Fsp3) is 0.250. The largest absolute Gasteiger partial charge is 0.493 e. The molecule has 5 nitrogen and oxygen atoms in total. The predicted molar refractivity (Wildman–Crippen MR) is 99.5 cm³/mol. The quantitative estimate of drug-likeness (QED) is 0.719. The van der Waals surface area contributed by atoms with Crippen LogP contribution in [0.15, 0.2) is 42.6 Å². The van der Waals surface area contributed by atoms with Gasteiger partial charge in [-0.15, -0.1) is 0 Å². The van der Waals surface area contributed by atoms with Gasteiger partial charge in [0.05, 0.1) is 19.6 Å². The van der Waals surface area contributed by atoms with E-state index in [0.717, 1.165) is 11.1 Å². The normalized spacial score (nSPS) is 11.4. The number of amides is 1. The van der Waals surface area contributed by atoms with Crippen LogP contribution in [-0.4, -0.2) is 25.1 Å². The van der Waals surface area contributed by atoms with E-state index in [4.69, 9.17) is 9.47 Å². The van der Waals surface area contributed by atoms with Crippen molar-refractivity contribution in [2.45, 2.75) is 19.3 Å². The van der Waals surface area contributed by atoms with E-state index in [1.165, 1.54) is 19.2 Å². The summed E-state index contributed by atoms with van der Waals surface area (Å²) in [6.07, 6.45) is 1.75. The lowest BCUT2D eigenvalue weighted by Crippen LogP contribution is -2.34. The molecule has 3 aromatic rings. The lowest BCUT2D eigenvalue weighted by atomic mass is 9.83. The molecule has 0 aliphatic rings. The molecule has 2 N–H and O–H groups in total. The molecular formula is C20H21FN2O3. The summed E-state index contributed by atoms with van der Waals surface area (Å²) in [5, 5.41) is 3.59. The van der Waals surface area contributed by atoms with E-state index in [1.54, 1.807) is 51.4 Å². The van der Waals surface area contributed by atoms with Crippen molar-refractivity contribution in [1.29, 1.82) is 0 Å². The highest BCUT2D eigenvalue weighted by molar-refractivity contribution is 6.02. The summed E-state index contributed by atoms with van der Waals surface area (Å²) in [5.74, 6) is 0.554. The third-order valence-electron chi connectivity index (χ3n) is 4.53. The lowest BCUT2D eigenvalue weighted by molar-refractivity contribution is -0.120. The van der Waals surface area contributed by atoms with Gasteiger partial charge >= 0.3 is 0 Å². The number of aromatic nitrogens is 1. The van der Waals surface area contributed by atoms with E-state index in [9.17, 15) is 9.18 Å². The van der Waals surface area contributed by atoms with Crippen molar-refractivity contribution < 1.29 is 18.7 Å². The van der Waals surface area contributed by atoms with Gasteiger partial charge in [-0.05, 0) is 49.7 Å². The highest BCUT2D eigenvalue weighted by Gasteiger charge is 2.32. The molecule has 6 heteroatoms. The zero-order valence-electron chi connectivity index (χ0n) is 15.1. The van der Waals surface area contributed by atoms with E-state index in [1.807, 2.05) is 0 Å². The SMILES string of the molecule is COc1ccc(NC(=O)C(C)(C)c2c[nH]c3ccc(F)cc23)cc1OC. The van der Waals surface area contributed by atoms with Crippen molar-refractivity contribution in [3.8, 4) is 11.5 Å². The summed E-state index contributed by atoms with van der Waals surface area (Å²) in [5.41, 5.74) is 1.23. The summed E-state index contributed by atoms with van der Waals surface area (Å²) in [7, 11) is 3.09. The summed E-state index contributed by atoms with van der Waals surface area (Å²) < 4.78 is 24.1. The first kappa shape index (κ1) is 17.8.